The smallest absolute Gasteiger partial charge is 0.234 e. The number of benzene rings is 2. The highest BCUT2D eigenvalue weighted by atomic mass is 16.1. The summed E-state index contributed by atoms with van der Waals surface area (Å²) in [5.41, 5.74) is 6.58. The van der Waals surface area contributed by atoms with Crippen molar-refractivity contribution in [3.63, 3.8) is 0 Å². The molecule has 0 heterocycles. The van der Waals surface area contributed by atoms with Gasteiger partial charge in [0.15, 0.2) is 0 Å². The Morgan fingerprint density at radius 1 is 1.21 bits per heavy atom. The number of amides is 1. The Bertz CT molecular complexity index is 574. The van der Waals surface area contributed by atoms with Crippen molar-refractivity contribution in [3.05, 3.63) is 48.0 Å². The Balaban J connectivity index is 2.31. The van der Waals surface area contributed by atoms with E-state index in [1.807, 2.05) is 25.1 Å². The molecule has 0 saturated heterocycles. The molecule has 3 N–H and O–H groups in total. The van der Waals surface area contributed by atoms with Gasteiger partial charge in [0.05, 0.1) is 6.04 Å². The predicted molar refractivity (Wildman–Crippen MR) is 78.8 cm³/mol. The lowest BCUT2D eigenvalue weighted by atomic mass is 9.99. The molecular formula is C16H20N2O. The molecule has 3 heteroatoms. The van der Waals surface area contributed by atoms with Crippen LogP contribution < -0.4 is 11.1 Å². The first-order valence-corrected chi connectivity index (χ1v) is 6.66. The fourth-order valence-electron chi connectivity index (χ4n) is 2.42. The topological polar surface area (TPSA) is 55.1 Å². The standard InChI is InChI=1S/C16H20N2O/c1-3-15(16(17)19)18-11(2)13-10-6-8-12-7-4-5-9-14(12)13/h4-11,15,18H,3H2,1-2H3,(H2,17,19)/t11-,15+/m1/s1. The number of carbonyl (C=O) groups excluding carboxylic acids is 1. The summed E-state index contributed by atoms with van der Waals surface area (Å²) in [5.74, 6) is -0.297. The molecule has 2 atom stereocenters. The van der Waals surface area contributed by atoms with E-state index in [-0.39, 0.29) is 18.0 Å². The van der Waals surface area contributed by atoms with Gasteiger partial charge in [0.25, 0.3) is 0 Å². The van der Waals surface area contributed by atoms with Gasteiger partial charge in [-0.15, -0.1) is 0 Å². The van der Waals surface area contributed by atoms with Gasteiger partial charge in [-0.2, -0.15) is 0 Å². The van der Waals surface area contributed by atoms with E-state index in [2.05, 4.69) is 36.5 Å². The first-order chi connectivity index (χ1) is 9.13. The second-order valence-corrected chi connectivity index (χ2v) is 4.82. The van der Waals surface area contributed by atoms with Gasteiger partial charge in [0.2, 0.25) is 5.91 Å². The van der Waals surface area contributed by atoms with Crippen LogP contribution in [0, 0.1) is 0 Å². The van der Waals surface area contributed by atoms with Gasteiger partial charge in [0.1, 0.15) is 0 Å². The van der Waals surface area contributed by atoms with Gasteiger partial charge < -0.3 is 5.73 Å². The minimum Gasteiger partial charge on any atom is -0.368 e. The van der Waals surface area contributed by atoms with Crippen LogP contribution in [0.4, 0.5) is 0 Å². The Morgan fingerprint density at radius 3 is 2.58 bits per heavy atom. The molecule has 0 aliphatic carbocycles. The number of nitrogens with two attached hydrogens (primary N) is 1. The van der Waals surface area contributed by atoms with Crippen LogP contribution in [0.5, 0.6) is 0 Å². The van der Waals surface area contributed by atoms with Gasteiger partial charge in [-0.3, -0.25) is 10.1 Å². The summed E-state index contributed by atoms with van der Waals surface area (Å²) in [7, 11) is 0. The van der Waals surface area contributed by atoms with Crippen LogP contribution >= 0.6 is 0 Å². The van der Waals surface area contributed by atoms with Crippen molar-refractivity contribution < 1.29 is 4.79 Å². The van der Waals surface area contributed by atoms with Crippen molar-refractivity contribution in [3.8, 4) is 0 Å². The van der Waals surface area contributed by atoms with E-state index in [0.29, 0.717) is 6.42 Å². The second kappa shape index (κ2) is 5.85. The van der Waals surface area contributed by atoms with Gasteiger partial charge in [0, 0.05) is 6.04 Å². The van der Waals surface area contributed by atoms with Crippen LogP contribution in [0.3, 0.4) is 0 Å². The van der Waals surface area contributed by atoms with Crippen molar-refractivity contribution in [2.45, 2.75) is 32.4 Å². The molecule has 19 heavy (non-hydrogen) atoms. The molecule has 1 amide bonds. The largest absolute Gasteiger partial charge is 0.368 e. The summed E-state index contributed by atoms with van der Waals surface area (Å²) in [4.78, 5) is 11.3. The second-order valence-electron chi connectivity index (χ2n) is 4.82. The number of rotatable bonds is 5. The zero-order chi connectivity index (χ0) is 13.8. The third-order valence-corrected chi connectivity index (χ3v) is 3.49. The SMILES string of the molecule is CC[C@H](N[C@H](C)c1cccc2ccccc12)C(N)=O. The van der Waals surface area contributed by atoms with E-state index in [9.17, 15) is 4.79 Å². The molecule has 0 aliphatic rings. The Hall–Kier alpha value is -1.87. The molecule has 0 aliphatic heterocycles. The summed E-state index contributed by atoms with van der Waals surface area (Å²) in [6.45, 7) is 4.02. The summed E-state index contributed by atoms with van der Waals surface area (Å²) < 4.78 is 0. The molecule has 0 aromatic heterocycles. The summed E-state index contributed by atoms with van der Waals surface area (Å²) >= 11 is 0. The molecule has 2 rings (SSSR count). The minimum atomic E-state index is -0.297. The zero-order valence-electron chi connectivity index (χ0n) is 11.4. The minimum absolute atomic E-state index is 0.0866. The molecule has 3 nitrogen and oxygen atoms in total. The average molecular weight is 256 g/mol. The maximum Gasteiger partial charge on any atom is 0.234 e. The van der Waals surface area contributed by atoms with Gasteiger partial charge in [-0.25, -0.2) is 0 Å². The number of nitrogens with one attached hydrogen (secondary N) is 1. The summed E-state index contributed by atoms with van der Waals surface area (Å²) in [6, 6.07) is 14.3. The lowest BCUT2D eigenvalue weighted by molar-refractivity contribution is -0.120. The quantitative estimate of drug-likeness (QED) is 0.864. The van der Waals surface area contributed by atoms with E-state index in [1.54, 1.807) is 0 Å². The monoisotopic (exact) mass is 256 g/mol. The lowest BCUT2D eigenvalue weighted by Gasteiger charge is -2.21. The van der Waals surface area contributed by atoms with E-state index in [4.69, 9.17) is 5.73 Å². The average Bonchev–Trinajstić information content (AvgIpc) is 2.43. The van der Waals surface area contributed by atoms with E-state index < -0.39 is 0 Å². The van der Waals surface area contributed by atoms with E-state index >= 15 is 0 Å². The first kappa shape index (κ1) is 13.6. The Labute approximate surface area is 113 Å². The molecule has 0 bridgehead atoms. The van der Waals surface area contributed by atoms with Crippen molar-refractivity contribution in [2.24, 2.45) is 5.73 Å². The highest BCUT2D eigenvalue weighted by Crippen LogP contribution is 2.24. The van der Waals surface area contributed by atoms with Crippen molar-refractivity contribution in [1.29, 1.82) is 0 Å². The van der Waals surface area contributed by atoms with Crippen molar-refractivity contribution >= 4 is 16.7 Å². The number of carbonyl (C=O) groups is 1. The maximum atomic E-state index is 11.3. The molecule has 0 saturated carbocycles. The fourth-order valence-corrected chi connectivity index (χ4v) is 2.42. The van der Waals surface area contributed by atoms with Crippen LogP contribution in [0.1, 0.15) is 31.9 Å². The van der Waals surface area contributed by atoms with Gasteiger partial charge in [-0.05, 0) is 29.7 Å². The molecule has 2 aromatic rings. The predicted octanol–water partition coefficient (Wildman–Crippen LogP) is 2.75. The van der Waals surface area contributed by atoms with Crippen LogP contribution in [-0.4, -0.2) is 11.9 Å². The molecule has 0 radical (unpaired) electrons. The van der Waals surface area contributed by atoms with Crippen molar-refractivity contribution in [1.82, 2.24) is 5.32 Å². The number of fused-ring (bicyclic) bond motifs is 1. The van der Waals surface area contributed by atoms with Crippen molar-refractivity contribution in [2.75, 3.05) is 0 Å². The van der Waals surface area contributed by atoms with E-state index in [1.165, 1.54) is 16.3 Å². The molecule has 0 unspecified atom stereocenters. The Kier molecular flexibility index (Phi) is 4.17. The third kappa shape index (κ3) is 2.93. The summed E-state index contributed by atoms with van der Waals surface area (Å²) in [5, 5.41) is 5.72. The molecule has 0 fully saturated rings. The normalized spacial score (nSPS) is 14.2. The van der Waals surface area contributed by atoms with Crippen LogP contribution in [0.15, 0.2) is 42.5 Å². The third-order valence-electron chi connectivity index (χ3n) is 3.49. The molecule has 2 aromatic carbocycles. The van der Waals surface area contributed by atoms with E-state index in [0.717, 1.165) is 0 Å². The highest BCUT2D eigenvalue weighted by Gasteiger charge is 2.17. The number of hydrogen-bond donors (Lipinski definition) is 2. The Morgan fingerprint density at radius 2 is 1.89 bits per heavy atom. The molecule has 0 spiro atoms. The van der Waals surface area contributed by atoms with Gasteiger partial charge >= 0.3 is 0 Å². The highest BCUT2D eigenvalue weighted by molar-refractivity contribution is 5.86. The van der Waals surface area contributed by atoms with Gasteiger partial charge in [-0.1, -0.05) is 49.4 Å². The molecular weight excluding hydrogens is 236 g/mol. The van der Waals surface area contributed by atoms with Crippen LogP contribution in [0.25, 0.3) is 10.8 Å². The number of primary amides is 1. The fraction of sp³-hybridized carbons (Fsp3) is 0.312. The zero-order valence-corrected chi connectivity index (χ0v) is 11.4. The number of hydrogen-bond acceptors (Lipinski definition) is 2. The van der Waals surface area contributed by atoms with Crippen LogP contribution in [0.2, 0.25) is 0 Å². The first-order valence-electron chi connectivity index (χ1n) is 6.66. The summed E-state index contributed by atoms with van der Waals surface area (Å²) in [6.07, 6.45) is 0.699. The lowest BCUT2D eigenvalue weighted by Crippen LogP contribution is -2.41. The maximum absolute atomic E-state index is 11.3. The van der Waals surface area contributed by atoms with Crippen LogP contribution in [-0.2, 0) is 4.79 Å². The molecule has 100 valence electrons.